The van der Waals surface area contributed by atoms with Crippen LogP contribution in [0.1, 0.15) is 23.2 Å². The number of rotatable bonds is 3. The van der Waals surface area contributed by atoms with Gasteiger partial charge in [0.25, 0.3) is 0 Å². The van der Waals surface area contributed by atoms with Gasteiger partial charge in [-0.05, 0) is 18.9 Å². The zero-order valence-corrected chi connectivity index (χ0v) is 9.60. The molecule has 2 rings (SSSR count). The molecule has 1 fully saturated rings. The molecule has 0 aliphatic carbocycles. The number of carbonyl (C=O) groups is 1. The fourth-order valence-electron chi connectivity index (χ4n) is 1.97. The van der Waals surface area contributed by atoms with Crippen molar-refractivity contribution in [3.8, 4) is 0 Å². The average molecular weight is 237 g/mol. The summed E-state index contributed by atoms with van der Waals surface area (Å²) < 4.78 is 12.9. The summed E-state index contributed by atoms with van der Waals surface area (Å²) in [6.07, 6.45) is 4.32. The summed E-state index contributed by atoms with van der Waals surface area (Å²) in [5, 5.41) is 0. The van der Waals surface area contributed by atoms with E-state index in [2.05, 4.69) is 9.88 Å². The van der Waals surface area contributed by atoms with E-state index in [1.165, 1.54) is 12.3 Å². The van der Waals surface area contributed by atoms with Gasteiger partial charge in [-0.3, -0.25) is 14.7 Å². The van der Waals surface area contributed by atoms with Crippen molar-refractivity contribution in [1.29, 1.82) is 0 Å². The van der Waals surface area contributed by atoms with Gasteiger partial charge < -0.3 is 5.73 Å². The minimum absolute atomic E-state index is 0.0903. The van der Waals surface area contributed by atoms with E-state index >= 15 is 0 Å². The van der Waals surface area contributed by atoms with Crippen molar-refractivity contribution >= 4 is 5.78 Å². The molecule has 1 aliphatic heterocycles. The van der Waals surface area contributed by atoms with E-state index < -0.39 is 5.82 Å². The van der Waals surface area contributed by atoms with Crippen LogP contribution >= 0.6 is 0 Å². The van der Waals surface area contributed by atoms with Crippen LogP contribution in [0, 0.1) is 5.82 Å². The predicted octanol–water partition coefficient (Wildman–Crippen LogP) is 0.826. The smallest absolute Gasteiger partial charge is 0.178 e. The number of nitrogens with two attached hydrogens (primary N) is 1. The average Bonchev–Trinajstić information content (AvgIpc) is 2.32. The van der Waals surface area contributed by atoms with E-state index in [0.29, 0.717) is 12.1 Å². The van der Waals surface area contributed by atoms with Gasteiger partial charge in [0.2, 0.25) is 0 Å². The van der Waals surface area contributed by atoms with Crippen LogP contribution in [0.5, 0.6) is 0 Å². The van der Waals surface area contributed by atoms with Crippen molar-refractivity contribution in [2.45, 2.75) is 18.9 Å². The third-order valence-electron chi connectivity index (χ3n) is 3.03. The lowest BCUT2D eigenvalue weighted by molar-refractivity contribution is 0.0909. The molecule has 0 spiro atoms. The maximum Gasteiger partial charge on any atom is 0.178 e. The summed E-state index contributed by atoms with van der Waals surface area (Å²) in [7, 11) is 0. The van der Waals surface area contributed by atoms with Crippen molar-refractivity contribution in [1.82, 2.24) is 9.88 Å². The van der Waals surface area contributed by atoms with Gasteiger partial charge in [0, 0.05) is 30.9 Å². The molecule has 5 heteroatoms. The third kappa shape index (κ3) is 3.31. The van der Waals surface area contributed by atoms with E-state index in [1.54, 1.807) is 0 Å². The standard InChI is InChI=1S/C12H16FN3O/c13-10-5-9(6-15-7-10)12(17)8-16-3-1-11(14)2-4-16/h5-7,11H,1-4,8,14H2. The predicted molar refractivity (Wildman–Crippen MR) is 62.2 cm³/mol. The van der Waals surface area contributed by atoms with E-state index in [1.807, 2.05) is 0 Å². The topological polar surface area (TPSA) is 59.2 Å². The first-order valence-corrected chi connectivity index (χ1v) is 5.77. The van der Waals surface area contributed by atoms with Crippen LogP contribution in [0.4, 0.5) is 4.39 Å². The van der Waals surface area contributed by atoms with Crippen molar-refractivity contribution in [3.63, 3.8) is 0 Å². The molecule has 1 aromatic rings. The highest BCUT2D eigenvalue weighted by Gasteiger charge is 2.19. The third-order valence-corrected chi connectivity index (χ3v) is 3.03. The lowest BCUT2D eigenvalue weighted by atomic mass is 10.1. The fourth-order valence-corrected chi connectivity index (χ4v) is 1.97. The van der Waals surface area contributed by atoms with Crippen LogP contribution in [0.15, 0.2) is 18.5 Å². The molecule has 4 nitrogen and oxygen atoms in total. The molecule has 1 aromatic heterocycles. The molecule has 0 aromatic carbocycles. The quantitative estimate of drug-likeness (QED) is 0.791. The molecular formula is C12H16FN3O. The molecule has 0 atom stereocenters. The highest BCUT2D eigenvalue weighted by atomic mass is 19.1. The Hall–Kier alpha value is -1.33. The van der Waals surface area contributed by atoms with Crippen LogP contribution in [-0.4, -0.2) is 41.3 Å². The van der Waals surface area contributed by atoms with Crippen LogP contribution in [-0.2, 0) is 0 Å². The Morgan fingerprint density at radius 1 is 1.47 bits per heavy atom. The van der Waals surface area contributed by atoms with Crippen molar-refractivity contribution in [2.24, 2.45) is 5.73 Å². The number of hydrogen-bond donors (Lipinski definition) is 1. The first-order valence-electron chi connectivity index (χ1n) is 5.77. The number of piperidine rings is 1. The Kier molecular flexibility index (Phi) is 3.81. The number of hydrogen-bond acceptors (Lipinski definition) is 4. The van der Waals surface area contributed by atoms with Gasteiger partial charge in [0.1, 0.15) is 5.82 Å². The Morgan fingerprint density at radius 3 is 2.82 bits per heavy atom. The molecule has 0 bridgehead atoms. The van der Waals surface area contributed by atoms with Gasteiger partial charge in [-0.15, -0.1) is 0 Å². The molecule has 92 valence electrons. The van der Waals surface area contributed by atoms with Gasteiger partial charge >= 0.3 is 0 Å². The van der Waals surface area contributed by atoms with Crippen LogP contribution in [0.25, 0.3) is 0 Å². The van der Waals surface area contributed by atoms with Crippen LogP contribution < -0.4 is 5.73 Å². The lowest BCUT2D eigenvalue weighted by Gasteiger charge is -2.29. The summed E-state index contributed by atoms with van der Waals surface area (Å²) >= 11 is 0. The van der Waals surface area contributed by atoms with E-state index in [4.69, 9.17) is 5.73 Å². The highest BCUT2D eigenvalue weighted by Crippen LogP contribution is 2.10. The number of likely N-dealkylation sites (tertiary alicyclic amines) is 1. The van der Waals surface area contributed by atoms with Gasteiger partial charge in [-0.1, -0.05) is 0 Å². The lowest BCUT2D eigenvalue weighted by Crippen LogP contribution is -2.41. The molecule has 2 N–H and O–H groups in total. The summed E-state index contributed by atoms with van der Waals surface area (Å²) in [4.78, 5) is 17.6. The Balaban J connectivity index is 1.93. The zero-order valence-electron chi connectivity index (χ0n) is 9.60. The molecule has 2 heterocycles. The largest absolute Gasteiger partial charge is 0.328 e. The molecule has 0 radical (unpaired) electrons. The maximum absolute atomic E-state index is 12.9. The van der Waals surface area contributed by atoms with Gasteiger partial charge in [0.05, 0.1) is 12.7 Å². The van der Waals surface area contributed by atoms with Crippen LogP contribution in [0.3, 0.4) is 0 Å². The second kappa shape index (κ2) is 5.33. The monoisotopic (exact) mass is 237 g/mol. The van der Waals surface area contributed by atoms with Crippen molar-refractivity contribution < 1.29 is 9.18 Å². The van der Waals surface area contributed by atoms with Gasteiger partial charge in [0.15, 0.2) is 5.78 Å². The molecule has 17 heavy (non-hydrogen) atoms. The van der Waals surface area contributed by atoms with Gasteiger partial charge in [-0.2, -0.15) is 0 Å². The van der Waals surface area contributed by atoms with Gasteiger partial charge in [-0.25, -0.2) is 4.39 Å². The molecule has 0 amide bonds. The van der Waals surface area contributed by atoms with Crippen LogP contribution in [0.2, 0.25) is 0 Å². The number of ketones is 1. The summed E-state index contributed by atoms with van der Waals surface area (Å²) in [5.41, 5.74) is 6.12. The Morgan fingerprint density at radius 2 is 2.18 bits per heavy atom. The van der Waals surface area contributed by atoms with Crippen molar-refractivity contribution in [3.05, 3.63) is 29.8 Å². The van der Waals surface area contributed by atoms with Crippen molar-refractivity contribution in [2.75, 3.05) is 19.6 Å². The number of Topliss-reactive ketones (excluding diaryl/α,β-unsaturated/α-hetero) is 1. The first-order chi connectivity index (χ1) is 8.15. The minimum Gasteiger partial charge on any atom is -0.328 e. The number of halogens is 1. The summed E-state index contributed by atoms with van der Waals surface area (Å²) in [5.74, 6) is -0.566. The molecule has 1 aliphatic rings. The molecular weight excluding hydrogens is 221 g/mol. The number of aromatic nitrogens is 1. The Bertz CT molecular complexity index is 402. The Labute approximate surface area is 99.6 Å². The zero-order chi connectivity index (χ0) is 12.3. The first kappa shape index (κ1) is 12.1. The van der Waals surface area contributed by atoms with E-state index in [9.17, 15) is 9.18 Å². The summed E-state index contributed by atoms with van der Waals surface area (Å²) in [6, 6.07) is 1.47. The molecule has 0 unspecified atom stereocenters. The number of nitrogens with zero attached hydrogens (tertiary/aromatic N) is 2. The highest BCUT2D eigenvalue weighted by molar-refractivity contribution is 5.97. The van der Waals surface area contributed by atoms with E-state index in [-0.39, 0.29) is 11.8 Å². The summed E-state index contributed by atoms with van der Waals surface area (Å²) in [6.45, 7) is 1.98. The van der Waals surface area contributed by atoms with E-state index in [0.717, 1.165) is 32.1 Å². The molecule has 0 saturated carbocycles. The SMILES string of the molecule is NC1CCN(CC(=O)c2cncc(F)c2)CC1. The normalized spacial score (nSPS) is 18.2. The second-order valence-electron chi connectivity index (χ2n) is 4.43. The fraction of sp³-hybridized carbons (Fsp3) is 0.500. The maximum atomic E-state index is 12.9. The number of pyridine rings is 1. The molecule has 1 saturated heterocycles. The minimum atomic E-state index is -0.475. The second-order valence-corrected chi connectivity index (χ2v) is 4.43. The number of carbonyl (C=O) groups excluding carboxylic acids is 1.